The maximum atomic E-state index is 12.4. The highest BCUT2D eigenvalue weighted by Crippen LogP contribution is 2.31. The Kier molecular flexibility index (Phi) is 6.05. The van der Waals surface area contributed by atoms with Crippen LogP contribution in [-0.2, 0) is 16.6 Å². The van der Waals surface area contributed by atoms with Gasteiger partial charge in [-0.25, -0.2) is 8.42 Å². The van der Waals surface area contributed by atoms with Crippen molar-refractivity contribution in [3.8, 4) is 0 Å². The molecule has 1 heterocycles. The van der Waals surface area contributed by atoms with Crippen LogP contribution in [0.4, 0.5) is 5.69 Å². The van der Waals surface area contributed by atoms with Gasteiger partial charge in [0.1, 0.15) is 0 Å². The third-order valence-electron chi connectivity index (χ3n) is 4.39. The number of aryl methyl sites for hydroxylation is 1. The van der Waals surface area contributed by atoms with Crippen molar-refractivity contribution in [2.75, 3.05) is 17.1 Å². The van der Waals surface area contributed by atoms with Gasteiger partial charge in [0.25, 0.3) is 5.91 Å². The number of carbonyl (C=O) groups is 1. The van der Waals surface area contributed by atoms with Crippen molar-refractivity contribution in [1.82, 2.24) is 5.32 Å². The zero-order chi connectivity index (χ0) is 20.3. The van der Waals surface area contributed by atoms with E-state index < -0.39 is 10.0 Å². The summed E-state index contributed by atoms with van der Waals surface area (Å²) in [6.07, 6.45) is 2.09. The molecule has 0 bridgehead atoms. The second-order valence-corrected chi connectivity index (χ2v) is 9.83. The fraction of sp³-hybridized carbons (Fsp3) is 0.286. The predicted octanol–water partition coefficient (Wildman–Crippen LogP) is 4.32. The van der Waals surface area contributed by atoms with Crippen molar-refractivity contribution in [3.05, 3.63) is 64.5 Å². The molecule has 7 heteroatoms. The summed E-state index contributed by atoms with van der Waals surface area (Å²) in [5, 5.41) is 3.74. The lowest BCUT2D eigenvalue weighted by molar-refractivity contribution is 0.0957. The number of benzene rings is 2. The van der Waals surface area contributed by atoms with Crippen molar-refractivity contribution in [1.29, 1.82) is 0 Å². The predicted molar refractivity (Wildman–Crippen MR) is 117 cm³/mol. The van der Waals surface area contributed by atoms with Gasteiger partial charge in [-0.2, -0.15) is 0 Å². The van der Waals surface area contributed by atoms with Crippen molar-refractivity contribution in [2.24, 2.45) is 0 Å². The minimum atomic E-state index is -3.46. The fourth-order valence-corrected chi connectivity index (χ4v) is 4.72. The molecule has 0 saturated heterocycles. The second kappa shape index (κ2) is 8.32. The van der Waals surface area contributed by atoms with Crippen LogP contribution >= 0.6 is 11.3 Å². The number of thiophene rings is 1. The van der Waals surface area contributed by atoms with Gasteiger partial charge in [-0.1, -0.05) is 36.8 Å². The number of fused-ring (bicyclic) bond motifs is 1. The lowest BCUT2D eigenvalue weighted by Crippen LogP contribution is -2.29. The van der Waals surface area contributed by atoms with Gasteiger partial charge in [0, 0.05) is 11.2 Å². The van der Waals surface area contributed by atoms with Crippen LogP contribution < -0.4 is 9.62 Å². The number of amides is 1. The maximum absolute atomic E-state index is 12.4. The first kappa shape index (κ1) is 20.4. The smallest absolute Gasteiger partial charge is 0.261 e. The van der Waals surface area contributed by atoms with Crippen LogP contribution in [0.15, 0.2) is 48.5 Å². The molecule has 3 aromatic rings. The molecule has 0 aliphatic rings. The van der Waals surface area contributed by atoms with Crippen LogP contribution in [0.2, 0.25) is 0 Å². The minimum absolute atomic E-state index is 0.0933. The second-order valence-electron chi connectivity index (χ2n) is 6.84. The van der Waals surface area contributed by atoms with Crippen LogP contribution in [0.1, 0.15) is 34.1 Å². The average Bonchev–Trinajstić information content (AvgIpc) is 3.08. The Morgan fingerprint density at radius 3 is 2.46 bits per heavy atom. The van der Waals surface area contributed by atoms with Gasteiger partial charge in [-0.3, -0.25) is 9.10 Å². The minimum Gasteiger partial charge on any atom is -0.351 e. The SMILES string of the molecule is CCCNC(=O)c1cc2cc(N(Cc3ccc(C)cc3)S(C)(=O)=O)ccc2s1. The van der Waals surface area contributed by atoms with Crippen molar-refractivity contribution in [2.45, 2.75) is 26.8 Å². The highest BCUT2D eigenvalue weighted by Gasteiger charge is 2.19. The number of sulfonamides is 1. The molecule has 0 saturated carbocycles. The topological polar surface area (TPSA) is 66.5 Å². The van der Waals surface area contributed by atoms with Crippen LogP contribution in [0.3, 0.4) is 0 Å². The van der Waals surface area contributed by atoms with E-state index in [1.165, 1.54) is 21.9 Å². The Bertz CT molecular complexity index is 1090. The van der Waals surface area contributed by atoms with Gasteiger partial charge in [0.2, 0.25) is 10.0 Å². The summed E-state index contributed by atoms with van der Waals surface area (Å²) in [5.41, 5.74) is 2.64. The van der Waals surface area contributed by atoms with E-state index in [0.717, 1.165) is 27.6 Å². The highest BCUT2D eigenvalue weighted by atomic mass is 32.2. The lowest BCUT2D eigenvalue weighted by Gasteiger charge is -2.22. The zero-order valence-corrected chi connectivity index (χ0v) is 17.9. The summed E-state index contributed by atoms with van der Waals surface area (Å²) in [6.45, 7) is 4.90. The third-order valence-corrected chi connectivity index (χ3v) is 6.65. The first-order chi connectivity index (χ1) is 13.3. The Balaban J connectivity index is 1.93. The molecule has 1 N–H and O–H groups in total. The molecule has 0 atom stereocenters. The Hall–Kier alpha value is -2.38. The molecule has 148 valence electrons. The van der Waals surface area contributed by atoms with Crippen molar-refractivity contribution in [3.63, 3.8) is 0 Å². The summed E-state index contributed by atoms with van der Waals surface area (Å²) in [6, 6.07) is 15.1. The Labute approximate surface area is 170 Å². The number of carbonyl (C=O) groups excluding carboxylic acids is 1. The Morgan fingerprint density at radius 1 is 1.11 bits per heavy atom. The van der Waals surface area contributed by atoms with E-state index in [9.17, 15) is 13.2 Å². The van der Waals surface area contributed by atoms with E-state index in [0.29, 0.717) is 17.1 Å². The van der Waals surface area contributed by atoms with Gasteiger partial charge < -0.3 is 5.32 Å². The standard InChI is InChI=1S/C21H24N2O3S2/c1-4-11-22-21(24)20-13-17-12-18(9-10-19(17)27-20)23(28(3,25)26)14-16-7-5-15(2)6-8-16/h5-10,12-13H,4,11,14H2,1-3H3,(H,22,24). The van der Waals surface area contributed by atoms with Gasteiger partial charge in [0.15, 0.2) is 0 Å². The fourth-order valence-electron chi connectivity index (χ4n) is 2.88. The normalized spacial score (nSPS) is 11.5. The molecule has 1 aromatic heterocycles. The van der Waals surface area contributed by atoms with Gasteiger partial charge in [-0.15, -0.1) is 11.3 Å². The number of rotatable bonds is 7. The number of nitrogens with one attached hydrogen (secondary N) is 1. The molecule has 0 radical (unpaired) electrons. The van der Waals surface area contributed by atoms with Crippen molar-refractivity contribution >= 4 is 43.0 Å². The van der Waals surface area contributed by atoms with E-state index in [1.54, 1.807) is 6.07 Å². The van der Waals surface area contributed by atoms with E-state index >= 15 is 0 Å². The summed E-state index contributed by atoms with van der Waals surface area (Å²) in [4.78, 5) is 12.8. The average molecular weight is 417 g/mol. The molecule has 5 nitrogen and oxygen atoms in total. The van der Waals surface area contributed by atoms with Gasteiger partial charge in [0.05, 0.1) is 23.4 Å². The van der Waals surface area contributed by atoms with Crippen LogP contribution in [-0.4, -0.2) is 27.1 Å². The molecule has 1 amide bonds. The van der Waals surface area contributed by atoms with Crippen molar-refractivity contribution < 1.29 is 13.2 Å². The molecular weight excluding hydrogens is 392 g/mol. The lowest BCUT2D eigenvalue weighted by atomic mass is 10.1. The molecule has 0 unspecified atom stereocenters. The van der Waals surface area contributed by atoms with Crippen LogP contribution in [0.5, 0.6) is 0 Å². The summed E-state index contributed by atoms with van der Waals surface area (Å²) in [7, 11) is -3.46. The molecule has 0 aliphatic heterocycles. The number of nitrogens with zero attached hydrogens (tertiary/aromatic N) is 1. The number of anilines is 1. The van der Waals surface area contributed by atoms with E-state index in [-0.39, 0.29) is 12.5 Å². The molecular formula is C21H24N2O3S2. The molecule has 2 aromatic carbocycles. The quantitative estimate of drug-likeness (QED) is 0.624. The summed E-state index contributed by atoms with van der Waals surface area (Å²) < 4.78 is 27.2. The monoisotopic (exact) mass is 416 g/mol. The summed E-state index contributed by atoms with van der Waals surface area (Å²) >= 11 is 1.41. The van der Waals surface area contributed by atoms with E-state index in [1.807, 2.05) is 56.3 Å². The van der Waals surface area contributed by atoms with Gasteiger partial charge >= 0.3 is 0 Å². The number of hydrogen-bond donors (Lipinski definition) is 1. The maximum Gasteiger partial charge on any atom is 0.261 e. The Morgan fingerprint density at radius 2 is 1.82 bits per heavy atom. The van der Waals surface area contributed by atoms with Crippen LogP contribution in [0.25, 0.3) is 10.1 Å². The number of hydrogen-bond acceptors (Lipinski definition) is 4. The van der Waals surface area contributed by atoms with Crippen LogP contribution in [0, 0.1) is 6.92 Å². The first-order valence-electron chi connectivity index (χ1n) is 9.13. The largest absolute Gasteiger partial charge is 0.351 e. The molecule has 0 fully saturated rings. The van der Waals surface area contributed by atoms with Gasteiger partial charge in [-0.05, 0) is 48.6 Å². The third kappa shape index (κ3) is 4.72. The van der Waals surface area contributed by atoms with E-state index in [2.05, 4.69) is 5.32 Å². The molecule has 3 rings (SSSR count). The molecule has 0 spiro atoms. The molecule has 28 heavy (non-hydrogen) atoms. The first-order valence-corrected chi connectivity index (χ1v) is 11.8. The highest BCUT2D eigenvalue weighted by molar-refractivity contribution is 7.92. The zero-order valence-electron chi connectivity index (χ0n) is 16.2. The summed E-state index contributed by atoms with van der Waals surface area (Å²) in [5.74, 6) is -0.0933. The molecule has 0 aliphatic carbocycles. The van der Waals surface area contributed by atoms with E-state index in [4.69, 9.17) is 0 Å².